The number of oxime groups is 1. The van der Waals surface area contributed by atoms with Crippen LogP contribution in [0.3, 0.4) is 0 Å². The monoisotopic (exact) mass is 947 g/mol. The number of nitrogens with zero attached hydrogens (tertiary/aromatic N) is 1. The van der Waals surface area contributed by atoms with Gasteiger partial charge in [-0.3, -0.25) is 0 Å². The smallest absolute Gasteiger partial charge is 0.186 e. The Bertz CT molecular complexity index is 1210. The SMILES string of the molecule is CON=C[C@H](O[Si](C)(C)C)[C@@H](O[Si](C)(C)C)[C@H](O[C@H]1O[C@H](CO[Si](C)(C)C)[C@@H](O[Si](C)(C)C)[C@H](O[Si](C)(C)C)[C@H]1O[Si](C)(C)C)[C@@H](CO[Si](C)(C)C)O[Si](C)(C)C. The fraction of sp³-hybridized carbons (Fsp3) is 0.973. The second-order valence-electron chi connectivity index (χ2n) is 23.2. The first-order valence-corrected chi connectivity index (χ1v) is 48.2. The predicted octanol–water partition coefficient (Wildman–Crippen LogP) is 9.75. The molecule has 0 amide bonds. The normalized spacial score (nSPS) is 24.8. The number of hydrogen-bond donors (Lipinski definition) is 0. The molecule has 1 rings (SSSR count). The van der Waals surface area contributed by atoms with Gasteiger partial charge in [0.1, 0.15) is 49.8 Å². The van der Waals surface area contributed by atoms with Gasteiger partial charge in [0.25, 0.3) is 0 Å². The van der Waals surface area contributed by atoms with Crippen molar-refractivity contribution in [3.8, 4) is 0 Å². The van der Waals surface area contributed by atoms with Gasteiger partial charge < -0.3 is 49.7 Å². The minimum Gasteiger partial charge on any atom is -0.415 e. The topological polar surface area (TPSA) is 114 Å². The van der Waals surface area contributed by atoms with Crippen LogP contribution < -0.4 is 0 Å². The zero-order valence-corrected chi connectivity index (χ0v) is 49.1. The van der Waals surface area contributed by atoms with Crippen LogP contribution in [-0.4, -0.2) is 148 Å². The molecule has 0 spiro atoms. The molecule has 1 fully saturated rings. The summed E-state index contributed by atoms with van der Waals surface area (Å²) >= 11 is 0. The van der Waals surface area contributed by atoms with Crippen molar-refractivity contribution in [2.75, 3.05) is 20.3 Å². The van der Waals surface area contributed by atoms with Crippen molar-refractivity contribution in [2.24, 2.45) is 5.16 Å². The molecule has 340 valence electrons. The van der Waals surface area contributed by atoms with Gasteiger partial charge in [-0.05, 0) is 157 Å². The van der Waals surface area contributed by atoms with Crippen LogP contribution in [0.15, 0.2) is 5.16 Å². The number of rotatable bonds is 25. The first-order valence-electron chi connectivity index (χ1n) is 20.9. The lowest BCUT2D eigenvalue weighted by molar-refractivity contribution is -0.316. The third-order valence-corrected chi connectivity index (χ3v) is 15.5. The Hall–Kier alpha value is 0.805. The van der Waals surface area contributed by atoms with Crippen molar-refractivity contribution in [1.29, 1.82) is 0 Å². The fourth-order valence-electron chi connectivity index (χ4n) is 6.04. The minimum absolute atomic E-state index is 0.307. The van der Waals surface area contributed by atoms with E-state index < -0.39 is 122 Å². The summed E-state index contributed by atoms with van der Waals surface area (Å²) in [5.41, 5.74) is 0. The lowest BCUT2D eigenvalue weighted by Crippen LogP contribution is -2.68. The quantitative estimate of drug-likeness (QED) is 0.0495. The molecule has 0 saturated carbocycles. The van der Waals surface area contributed by atoms with E-state index in [4.69, 9.17) is 49.7 Å². The van der Waals surface area contributed by atoms with Gasteiger partial charge in [0.15, 0.2) is 72.8 Å². The number of hydrogen-bond acceptors (Lipinski definition) is 12. The van der Waals surface area contributed by atoms with E-state index in [9.17, 15) is 0 Å². The van der Waals surface area contributed by atoms with Crippen molar-refractivity contribution in [1.82, 2.24) is 0 Å². The van der Waals surface area contributed by atoms with Crippen LogP contribution in [0, 0.1) is 0 Å². The van der Waals surface area contributed by atoms with E-state index in [0.717, 1.165) is 0 Å². The van der Waals surface area contributed by atoms with Crippen LogP contribution >= 0.6 is 0 Å². The summed E-state index contributed by atoms with van der Waals surface area (Å²) in [4.78, 5) is 5.28. The molecular formula is C37H89NO11Si8. The molecule has 0 aliphatic carbocycles. The third kappa shape index (κ3) is 24.9. The Morgan fingerprint density at radius 2 is 0.930 bits per heavy atom. The van der Waals surface area contributed by atoms with Crippen LogP contribution in [0.1, 0.15) is 0 Å². The van der Waals surface area contributed by atoms with Gasteiger partial charge in [0, 0.05) is 0 Å². The molecule has 1 heterocycles. The van der Waals surface area contributed by atoms with Crippen molar-refractivity contribution < 1.29 is 49.7 Å². The summed E-state index contributed by atoms with van der Waals surface area (Å²) in [5, 5.41) is 4.28. The molecule has 0 radical (unpaired) electrons. The summed E-state index contributed by atoms with van der Waals surface area (Å²) in [6.45, 7) is 53.2. The first-order chi connectivity index (χ1) is 25.2. The molecular weight excluding hydrogens is 859 g/mol. The largest absolute Gasteiger partial charge is 0.415 e. The maximum atomic E-state index is 7.58. The minimum atomic E-state index is -2.31. The van der Waals surface area contributed by atoms with Gasteiger partial charge in [-0.15, -0.1) is 0 Å². The van der Waals surface area contributed by atoms with E-state index in [1.165, 1.54) is 7.11 Å². The summed E-state index contributed by atoms with van der Waals surface area (Å²) in [6, 6.07) is 0. The molecule has 9 atom stereocenters. The summed E-state index contributed by atoms with van der Waals surface area (Å²) in [5.74, 6) is 0. The van der Waals surface area contributed by atoms with Crippen LogP contribution in [0.5, 0.6) is 0 Å². The highest BCUT2D eigenvalue weighted by molar-refractivity contribution is 6.72. The van der Waals surface area contributed by atoms with Gasteiger partial charge in [0.2, 0.25) is 0 Å². The average molecular weight is 949 g/mol. The lowest BCUT2D eigenvalue weighted by Gasteiger charge is -2.52. The highest BCUT2D eigenvalue weighted by Gasteiger charge is 2.55. The summed E-state index contributed by atoms with van der Waals surface area (Å²) in [7, 11) is -15.9. The van der Waals surface area contributed by atoms with E-state index in [1.807, 2.05) is 0 Å². The molecule has 20 heteroatoms. The fourth-order valence-corrected chi connectivity index (χ4v) is 13.8. The lowest BCUT2D eigenvalue weighted by atomic mass is 9.98. The van der Waals surface area contributed by atoms with Crippen LogP contribution in [0.4, 0.5) is 0 Å². The van der Waals surface area contributed by atoms with Gasteiger partial charge in [-0.25, -0.2) is 0 Å². The van der Waals surface area contributed by atoms with Crippen LogP contribution in [-0.2, 0) is 49.7 Å². The van der Waals surface area contributed by atoms with Gasteiger partial charge >= 0.3 is 0 Å². The van der Waals surface area contributed by atoms with E-state index in [-0.39, 0.29) is 0 Å². The van der Waals surface area contributed by atoms with Crippen molar-refractivity contribution >= 4 is 72.8 Å². The molecule has 1 aliphatic rings. The predicted molar refractivity (Wildman–Crippen MR) is 257 cm³/mol. The summed E-state index contributed by atoms with van der Waals surface area (Å²) < 4.78 is 71.0. The zero-order chi connectivity index (χ0) is 44.8. The number of ether oxygens (including phenoxy) is 2. The molecule has 12 nitrogen and oxygen atoms in total. The zero-order valence-electron chi connectivity index (χ0n) is 41.1. The van der Waals surface area contributed by atoms with Gasteiger partial charge in [-0.2, -0.15) is 0 Å². The Kier molecular flexibility index (Phi) is 21.0. The van der Waals surface area contributed by atoms with Crippen molar-refractivity contribution in [3.63, 3.8) is 0 Å². The highest BCUT2D eigenvalue weighted by Crippen LogP contribution is 2.37. The summed E-state index contributed by atoms with van der Waals surface area (Å²) in [6.07, 6.45) is -3.83. The van der Waals surface area contributed by atoms with Crippen molar-refractivity contribution in [3.05, 3.63) is 0 Å². The molecule has 0 aromatic carbocycles. The molecule has 0 aromatic heterocycles. The molecule has 1 aliphatic heterocycles. The van der Waals surface area contributed by atoms with E-state index in [2.05, 4.69) is 162 Å². The maximum absolute atomic E-state index is 7.58. The standard InChI is InChI=1S/C37H89NO11Si8/c1-39-38-26-29(44-52(8,9)10)33(46-54(14,15)16)32(31(45-53(11,12)13)28-41-51(5,6)7)43-37-36(49-57(23,24)25)35(48-56(20,21)22)34(47-55(17,18)19)30(42-37)27-40-50(2,3)4/h26,29-37H,27-28H2,1-25H3/t29-,30+,31+,32+,33+,34+,35-,36+,37+/m0/s1. The van der Waals surface area contributed by atoms with Crippen molar-refractivity contribution in [2.45, 2.75) is 212 Å². The first kappa shape index (κ1) is 55.8. The third-order valence-electron chi connectivity index (χ3n) is 7.52. The average Bonchev–Trinajstić information content (AvgIpc) is 2.92. The van der Waals surface area contributed by atoms with Crippen LogP contribution in [0.2, 0.25) is 157 Å². The highest BCUT2D eigenvalue weighted by atomic mass is 28.4. The Balaban J connectivity index is 4.39. The Morgan fingerprint density at radius 3 is 1.33 bits per heavy atom. The van der Waals surface area contributed by atoms with Gasteiger partial charge in [0.05, 0.1) is 25.5 Å². The molecule has 57 heavy (non-hydrogen) atoms. The van der Waals surface area contributed by atoms with Crippen LogP contribution in [0.25, 0.3) is 0 Å². The molecule has 0 aromatic rings. The molecule has 0 N–H and O–H groups in total. The van der Waals surface area contributed by atoms with Gasteiger partial charge in [-0.1, -0.05) is 5.16 Å². The Morgan fingerprint density at radius 1 is 0.491 bits per heavy atom. The maximum Gasteiger partial charge on any atom is 0.186 e. The molecule has 0 unspecified atom stereocenters. The second kappa shape index (κ2) is 21.5. The van der Waals surface area contributed by atoms with E-state index in [0.29, 0.717) is 13.2 Å². The Labute approximate surface area is 358 Å². The molecule has 0 bridgehead atoms. The molecule has 1 saturated heterocycles. The van der Waals surface area contributed by atoms with E-state index >= 15 is 0 Å². The second-order valence-corrected chi connectivity index (χ2v) is 59.0. The van der Waals surface area contributed by atoms with E-state index in [1.54, 1.807) is 6.21 Å².